The molecule has 2 amide bonds. The number of amides is 2. The number of imide groups is 1. The van der Waals surface area contributed by atoms with Gasteiger partial charge in [0.05, 0.1) is 32.6 Å². The maximum absolute atomic E-state index is 13.5. The van der Waals surface area contributed by atoms with Crippen molar-refractivity contribution in [3.8, 4) is 17.2 Å². The maximum Gasteiger partial charge on any atom is 0.282 e. The highest BCUT2D eigenvalue weighted by Gasteiger charge is 2.41. The first-order valence-corrected chi connectivity index (χ1v) is 9.89. The summed E-state index contributed by atoms with van der Waals surface area (Å²) in [6, 6.07) is 21.0. The normalized spacial score (nSPS) is 13.4. The van der Waals surface area contributed by atoms with Crippen LogP contribution in [0.1, 0.15) is 5.56 Å². The molecule has 0 spiro atoms. The molecule has 0 aliphatic carbocycles. The lowest BCUT2D eigenvalue weighted by Crippen LogP contribution is -2.32. The Labute approximate surface area is 185 Å². The van der Waals surface area contributed by atoms with Crippen LogP contribution in [0.15, 0.2) is 78.5 Å². The molecule has 3 aromatic carbocycles. The largest absolute Gasteiger partial charge is 0.497 e. The number of hydrogen-bond donors (Lipinski definition) is 1. The minimum absolute atomic E-state index is 0.177. The van der Waals surface area contributed by atoms with Crippen molar-refractivity contribution in [3.63, 3.8) is 0 Å². The Kier molecular flexibility index (Phi) is 5.81. The number of carbonyl (C=O) groups excluding carboxylic acids is 2. The molecule has 7 heteroatoms. The number of hydrogen-bond acceptors (Lipinski definition) is 6. The number of carbonyl (C=O) groups is 2. The molecular formula is C25H22N2O5. The summed E-state index contributed by atoms with van der Waals surface area (Å²) in [6.45, 7) is 0. The van der Waals surface area contributed by atoms with Gasteiger partial charge < -0.3 is 19.5 Å². The lowest BCUT2D eigenvalue weighted by atomic mass is 10.0. The van der Waals surface area contributed by atoms with Crippen molar-refractivity contribution in [1.82, 2.24) is 0 Å². The van der Waals surface area contributed by atoms with Crippen LogP contribution in [-0.2, 0) is 9.59 Å². The van der Waals surface area contributed by atoms with Crippen LogP contribution in [0.3, 0.4) is 0 Å². The second-order valence-corrected chi connectivity index (χ2v) is 6.95. The molecule has 0 radical (unpaired) electrons. The van der Waals surface area contributed by atoms with Gasteiger partial charge in [-0.15, -0.1) is 0 Å². The lowest BCUT2D eigenvalue weighted by Gasteiger charge is -2.18. The van der Waals surface area contributed by atoms with Gasteiger partial charge >= 0.3 is 0 Å². The Morgan fingerprint density at radius 3 is 1.88 bits per heavy atom. The third-order valence-corrected chi connectivity index (χ3v) is 5.15. The maximum atomic E-state index is 13.5. The fourth-order valence-electron chi connectivity index (χ4n) is 3.52. The van der Waals surface area contributed by atoms with E-state index in [1.165, 1.54) is 7.11 Å². The summed E-state index contributed by atoms with van der Waals surface area (Å²) < 4.78 is 15.8. The molecule has 7 nitrogen and oxygen atoms in total. The molecular weight excluding hydrogens is 408 g/mol. The van der Waals surface area contributed by atoms with E-state index in [9.17, 15) is 9.59 Å². The van der Waals surface area contributed by atoms with E-state index in [0.29, 0.717) is 34.2 Å². The molecule has 162 valence electrons. The molecule has 0 bridgehead atoms. The van der Waals surface area contributed by atoms with Crippen LogP contribution in [0, 0.1) is 0 Å². The molecule has 4 rings (SSSR count). The third kappa shape index (κ3) is 3.76. The van der Waals surface area contributed by atoms with Gasteiger partial charge in [-0.05, 0) is 54.1 Å². The van der Waals surface area contributed by atoms with Crippen LogP contribution in [0.25, 0.3) is 5.57 Å². The number of benzene rings is 3. The Bertz CT molecular complexity index is 1180. The average molecular weight is 430 g/mol. The van der Waals surface area contributed by atoms with Crippen molar-refractivity contribution in [3.05, 3.63) is 84.1 Å². The summed E-state index contributed by atoms with van der Waals surface area (Å²) in [4.78, 5) is 28.2. The summed E-state index contributed by atoms with van der Waals surface area (Å²) in [7, 11) is 4.65. The molecule has 3 aromatic rings. The van der Waals surface area contributed by atoms with Crippen LogP contribution in [-0.4, -0.2) is 33.1 Å². The number of nitrogens with zero attached hydrogens (tertiary/aromatic N) is 1. The van der Waals surface area contributed by atoms with Gasteiger partial charge in [0, 0.05) is 5.69 Å². The minimum atomic E-state index is -0.471. The highest BCUT2D eigenvalue weighted by atomic mass is 16.5. The van der Waals surface area contributed by atoms with Crippen molar-refractivity contribution < 1.29 is 23.8 Å². The van der Waals surface area contributed by atoms with Crippen molar-refractivity contribution >= 4 is 28.8 Å². The van der Waals surface area contributed by atoms with Crippen LogP contribution >= 0.6 is 0 Å². The Morgan fingerprint density at radius 2 is 1.28 bits per heavy atom. The lowest BCUT2D eigenvalue weighted by molar-refractivity contribution is -0.120. The zero-order chi connectivity index (χ0) is 22.7. The number of anilines is 2. The van der Waals surface area contributed by atoms with Crippen molar-refractivity contribution in [2.24, 2.45) is 0 Å². The summed E-state index contributed by atoms with van der Waals surface area (Å²) in [5, 5.41) is 3.13. The number of ether oxygens (including phenoxy) is 3. The first-order chi connectivity index (χ1) is 15.6. The summed E-state index contributed by atoms with van der Waals surface area (Å²) in [6.07, 6.45) is 0. The summed E-state index contributed by atoms with van der Waals surface area (Å²) in [5.74, 6) is 0.845. The highest BCUT2D eigenvalue weighted by Crippen LogP contribution is 2.38. The standard InChI is InChI=1S/C25H22N2O5/c1-30-18-12-8-16(9-13-18)22-23(26-17-10-14-19(31-2)15-11-17)25(29)27(24(22)28)20-6-4-5-7-21(20)32-3/h4-15,26H,1-3H3. The zero-order valence-corrected chi connectivity index (χ0v) is 17.9. The summed E-state index contributed by atoms with van der Waals surface area (Å²) in [5.41, 5.74) is 2.06. The van der Waals surface area contributed by atoms with Gasteiger partial charge in [0.2, 0.25) is 0 Å². The van der Waals surface area contributed by atoms with Crippen LogP contribution in [0.2, 0.25) is 0 Å². The highest BCUT2D eigenvalue weighted by molar-refractivity contribution is 6.46. The van der Waals surface area contributed by atoms with Crippen molar-refractivity contribution in [2.75, 3.05) is 31.5 Å². The predicted octanol–water partition coefficient (Wildman–Crippen LogP) is 4.11. The molecule has 1 aliphatic rings. The number of rotatable bonds is 7. The van der Waals surface area contributed by atoms with Crippen molar-refractivity contribution in [2.45, 2.75) is 0 Å². The van der Waals surface area contributed by atoms with Gasteiger partial charge in [-0.1, -0.05) is 24.3 Å². The smallest absolute Gasteiger partial charge is 0.282 e. The molecule has 1 aliphatic heterocycles. The molecule has 32 heavy (non-hydrogen) atoms. The van der Waals surface area contributed by atoms with E-state index in [2.05, 4.69) is 5.32 Å². The van der Waals surface area contributed by atoms with E-state index >= 15 is 0 Å². The average Bonchev–Trinajstić information content (AvgIpc) is 3.08. The Balaban J connectivity index is 1.81. The second kappa shape index (κ2) is 8.85. The minimum Gasteiger partial charge on any atom is -0.497 e. The zero-order valence-electron chi connectivity index (χ0n) is 17.9. The fraction of sp³-hybridized carbons (Fsp3) is 0.120. The van der Waals surface area contributed by atoms with Gasteiger partial charge in [0.1, 0.15) is 22.9 Å². The SMILES string of the molecule is COc1ccc(NC2=C(c3ccc(OC)cc3)C(=O)N(c3ccccc3OC)C2=O)cc1. The van der Waals surface area contributed by atoms with E-state index in [1.807, 2.05) is 0 Å². The van der Waals surface area contributed by atoms with Gasteiger partial charge in [0.15, 0.2) is 0 Å². The molecule has 1 heterocycles. The molecule has 0 saturated carbocycles. The first kappa shape index (κ1) is 21.0. The predicted molar refractivity (Wildman–Crippen MR) is 122 cm³/mol. The quantitative estimate of drug-likeness (QED) is 0.569. The monoisotopic (exact) mass is 430 g/mol. The van der Waals surface area contributed by atoms with E-state index in [-0.39, 0.29) is 11.3 Å². The van der Waals surface area contributed by atoms with E-state index in [0.717, 1.165) is 4.90 Å². The van der Waals surface area contributed by atoms with Crippen LogP contribution in [0.5, 0.6) is 17.2 Å². The first-order valence-electron chi connectivity index (χ1n) is 9.89. The molecule has 1 N–H and O–H groups in total. The van der Waals surface area contributed by atoms with Gasteiger partial charge in [0.25, 0.3) is 11.8 Å². The topological polar surface area (TPSA) is 77.1 Å². The molecule has 0 aromatic heterocycles. The van der Waals surface area contributed by atoms with Crippen LogP contribution in [0.4, 0.5) is 11.4 Å². The van der Waals surface area contributed by atoms with Crippen LogP contribution < -0.4 is 24.4 Å². The third-order valence-electron chi connectivity index (χ3n) is 5.15. The summed E-state index contributed by atoms with van der Waals surface area (Å²) >= 11 is 0. The Morgan fingerprint density at radius 1 is 0.688 bits per heavy atom. The van der Waals surface area contributed by atoms with Gasteiger partial charge in [-0.3, -0.25) is 9.59 Å². The van der Waals surface area contributed by atoms with Gasteiger partial charge in [-0.2, -0.15) is 0 Å². The Hall–Kier alpha value is -4.26. The molecule has 0 atom stereocenters. The number of para-hydroxylation sites is 2. The van der Waals surface area contributed by atoms with Crippen molar-refractivity contribution in [1.29, 1.82) is 0 Å². The molecule has 0 fully saturated rings. The van der Waals surface area contributed by atoms with E-state index in [4.69, 9.17) is 14.2 Å². The second-order valence-electron chi connectivity index (χ2n) is 6.95. The molecule has 0 unspecified atom stereocenters. The molecule has 0 saturated heterocycles. The van der Waals surface area contributed by atoms with E-state index in [1.54, 1.807) is 87.0 Å². The van der Waals surface area contributed by atoms with Gasteiger partial charge in [-0.25, -0.2) is 4.90 Å². The fourth-order valence-corrected chi connectivity index (χ4v) is 3.52. The number of nitrogens with one attached hydrogen (secondary N) is 1. The van der Waals surface area contributed by atoms with E-state index < -0.39 is 11.8 Å². The number of methoxy groups -OCH3 is 3.